The zero-order chi connectivity index (χ0) is 12.2. The average molecular weight is 225 g/mol. The Labute approximate surface area is 97.6 Å². The summed E-state index contributed by atoms with van der Waals surface area (Å²) in [7, 11) is 0. The van der Waals surface area contributed by atoms with Crippen LogP contribution in [0.25, 0.3) is 0 Å². The fourth-order valence-electron chi connectivity index (χ4n) is 3.96. The van der Waals surface area contributed by atoms with Crippen LogP contribution in [-0.2, 0) is 4.79 Å². The lowest BCUT2D eigenvalue weighted by Gasteiger charge is -2.40. The quantitative estimate of drug-likeness (QED) is 0.751. The van der Waals surface area contributed by atoms with Crippen molar-refractivity contribution in [3.05, 3.63) is 0 Å². The van der Waals surface area contributed by atoms with Gasteiger partial charge in [-0.2, -0.15) is 0 Å². The molecule has 2 aliphatic carbocycles. The van der Waals surface area contributed by atoms with Gasteiger partial charge in [0.2, 0.25) is 5.91 Å². The topological polar surface area (TPSA) is 49.3 Å². The second kappa shape index (κ2) is 3.22. The van der Waals surface area contributed by atoms with Crippen molar-refractivity contribution in [3.8, 4) is 0 Å². The third kappa shape index (κ3) is 1.05. The minimum atomic E-state index is -0.350. The van der Waals surface area contributed by atoms with E-state index in [1.165, 1.54) is 0 Å². The van der Waals surface area contributed by atoms with Crippen molar-refractivity contribution >= 4 is 5.91 Å². The first-order chi connectivity index (χ1) is 7.32. The summed E-state index contributed by atoms with van der Waals surface area (Å²) in [6.07, 6.45) is 2.17. The zero-order valence-corrected chi connectivity index (χ0v) is 10.8. The van der Waals surface area contributed by atoms with Gasteiger partial charge in [0.25, 0.3) is 0 Å². The van der Waals surface area contributed by atoms with Crippen molar-refractivity contribution in [2.75, 3.05) is 6.54 Å². The molecule has 3 unspecified atom stereocenters. The van der Waals surface area contributed by atoms with Crippen LogP contribution in [-0.4, -0.2) is 23.7 Å². The maximum Gasteiger partial charge on any atom is 0.226 e. The van der Waals surface area contributed by atoms with Crippen LogP contribution >= 0.6 is 0 Å². The second-order valence-electron chi connectivity index (χ2n) is 6.20. The second-order valence-corrected chi connectivity index (χ2v) is 6.20. The number of hydrogen-bond donors (Lipinski definition) is 2. The summed E-state index contributed by atoms with van der Waals surface area (Å²) in [5.41, 5.74) is -0.562. The van der Waals surface area contributed by atoms with Gasteiger partial charge in [0, 0.05) is 6.54 Å². The highest BCUT2D eigenvalue weighted by molar-refractivity contribution is 5.85. The maximum absolute atomic E-state index is 12.3. The molecule has 3 atom stereocenters. The smallest absolute Gasteiger partial charge is 0.226 e. The lowest BCUT2D eigenvalue weighted by Crippen LogP contribution is -2.46. The molecule has 3 nitrogen and oxygen atoms in total. The Morgan fingerprint density at radius 2 is 2.00 bits per heavy atom. The predicted molar refractivity (Wildman–Crippen MR) is 62.9 cm³/mol. The maximum atomic E-state index is 12.3. The SMILES string of the molecule is CCNC(=O)C12CCC(C)(C(O)C1)C2(C)C. The molecule has 92 valence electrons. The van der Waals surface area contributed by atoms with Gasteiger partial charge in [-0.25, -0.2) is 0 Å². The van der Waals surface area contributed by atoms with E-state index >= 15 is 0 Å². The van der Waals surface area contributed by atoms with Crippen molar-refractivity contribution < 1.29 is 9.90 Å². The number of carbonyl (C=O) groups is 1. The first-order valence-electron chi connectivity index (χ1n) is 6.28. The monoisotopic (exact) mass is 225 g/mol. The molecule has 2 fully saturated rings. The van der Waals surface area contributed by atoms with Crippen LogP contribution in [0, 0.1) is 16.2 Å². The number of nitrogens with one attached hydrogen (secondary N) is 1. The van der Waals surface area contributed by atoms with Crippen molar-refractivity contribution in [3.63, 3.8) is 0 Å². The fraction of sp³-hybridized carbons (Fsp3) is 0.923. The minimum absolute atomic E-state index is 0.0991. The Morgan fingerprint density at radius 1 is 1.38 bits per heavy atom. The molecule has 0 heterocycles. The van der Waals surface area contributed by atoms with E-state index in [2.05, 4.69) is 26.1 Å². The standard InChI is InChI=1S/C13H23NO2/c1-5-14-10(16)13-7-6-12(4,9(15)8-13)11(13,2)3/h9,15H,5-8H2,1-4H3,(H,14,16). The van der Waals surface area contributed by atoms with Gasteiger partial charge in [-0.3, -0.25) is 4.79 Å². The summed E-state index contributed by atoms with van der Waals surface area (Å²) in [4.78, 5) is 12.3. The van der Waals surface area contributed by atoms with E-state index in [0.717, 1.165) is 12.8 Å². The van der Waals surface area contributed by atoms with E-state index in [9.17, 15) is 9.90 Å². The van der Waals surface area contributed by atoms with E-state index in [4.69, 9.17) is 0 Å². The van der Waals surface area contributed by atoms with Gasteiger partial charge >= 0.3 is 0 Å². The Bertz CT molecular complexity index is 326. The molecule has 2 saturated carbocycles. The number of carbonyl (C=O) groups excluding carboxylic acids is 1. The average Bonchev–Trinajstić information content (AvgIpc) is 2.48. The van der Waals surface area contributed by atoms with E-state index < -0.39 is 0 Å². The Hall–Kier alpha value is -0.570. The molecule has 16 heavy (non-hydrogen) atoms. The number of aliphatic hydroxyl groups excluding tert-OH is 1. The number of fused-ring (bicyclic) bond motifs is 2. The van der Waals surface area contributed by atoms with Gasteiger partial charge in [0.1, 0.15) is 0 Å². The van der Waals surface area contributed by atoms with E-state index in [1.807, 2.05) is 6.92 Å². The highest BCUT2D eigenvalue weighted by Gasteiger charge is 2.71. The highest BCUT2D eigenvalue weighted by atomic mass is 16.3. The lowest BCUT2D eigenvalue weighted by molar-refractivity contribution is -0.135. The Morgan fingerprint density at radius 3 is 2.38 bits per heavy atom. The molecular formula is C13H23NO2. The van der Waals surface area contributed by atoms with Gasteiger partial charge in [0.15, 0.2) is 0 Å². The van der Waals surface area contributed by atoms with Crippen LogP contribution in [0.4, 0.5) is 0 Å². The normalized spacial score (nSPS) is 44.7. The minimum Gasteiger partial charge on any atom is -0.393 e. The molecule has 2 rings (SSSR count). The molecule has 0 aromatic heterocycles. The molecule has 2 aliphatic rings. The fourth-order valence-corrected chi connectivity index (χ4v) is 3.96. The largest absolute Gasteiger partial charge is 0.393 e. The molecule has 3 heteroatoms. The Kier molecular flexibility index (Phi) is 2.40. The molecule has 0 radical (unpaired) electrons. The number of rotatable bonds is 2. The summed E-state index contributed by atoms with van der Waals surface area (Å²) in [6.45, 7) is 9.03. The van der Waals surface area contributed by atoms with Crippen LogP contribution in [0.2, 0.25) is 0 Å². The van der Waals surface area contributed by atoms with E-state index in [0.29, 0.717) is 13.0 Å². The summed E-state index contributed by atoms with van der Waals surface area (Å²) >= 11 is 0. The van der Waals surface area contributed by atoms with Gasteiger partial charge in [-0.05, 0) is 37.0 Å². The van der Waals surface area contributed by atoms with Gasteiger partial charge in [-0.1, -0.05) is 20.8 Å². The number of amides is 1. The molecule has 0 saturated heterocycles. The number of aliphatic hydroxyl groups is 1. The first-order valence-corrected chi connectivity index (χ1v) is 6.28. The number of hydrogen-bond acceptors (Lipinski definition) is 2. The van der Waals surface area contributed by atoms with Crippen LogP contribution < -0.4 is 5.32 Å². The van der Waals surface area contributed by atoms with Crippen molar-refractivity contribution in [2.45, 2.75) is 53.1 Å². The van der Waals surface area contributed by atoms with E-state index in [-0.39, 0.29) is 28.3 Å². The third-order valence-corrected chi connectivity index (χ3v) is 5.74. The van der Waals surface area contributed by atoms with Gasteiger partial charge in [-0.15, -0.1) is 0 Å². The highest BCUT2D eigenvalue weighted by Crippen LogP contribution is 2.72. The van der Waals surface area contributed by atoms with Crippen LogP contribution in [0.1, 0.15) is 47.0 Å². The summed E-state index contributed by atoms with van der Waals surface area (Å²) in [5, 5.41) is 13.2. The molecule has 0 aromatic carbocycles. The Balaban J connectivity index is 2.40. The molecule has 2 N–H and O–H groups in total. The summed E-state index contributed by atoms with van der Waals surface area (Å²) in [6, 6.07) is 0. The summed E-state index contributed by atoms with van der Waals surface area (Å²) in [5.74, 6) is 0.139. The zero-order valence-electron chi connectivity index (χ0n) is 10.8. The van der Waals surface area contributed by atoms with Crippen LogP contribution in [0.15, 0.2) is 0 Å². The van der Waals surface area contributed by atoms with Crippen molar-refractivity contribution in [1.82, 2.24) is 5.32 Å². The van der Waals surface area contributed by atoms with Gasteiger partial charge < -0.3 is 10.4 Å². The molecule has 0 spiro atoms. The van der Waals surface area contributed by atoms with Crippen molar-refractivity contribution in [2.24, 2.45) is 16.2 Å². The molecule has 0 aromatic rings. The first kappa shape index (κ1) is 11.9. The summed E-state index contributed by atoms with van der Waals surface area (Å²) < 4.78 is 0. The van der Waals surface area contributed by atoms with Crippen LogP contribution in [0.5, 0.6) is 0 Å². The molecule has 1 amide bonds. The molecular weight excluding hydrogens is 202 g/mol. The van der Waals surface area contributed by atoms with Gasteiger partial charge in [0.05, 0.1) is 11.5 Å². The molecule has 0 aliphatic heterocycles. The van der Waals surface area contributed by atoms with Crippen molar-refractivity contribution in [1.29, 1.82) is 0 Å². The van der Waals surface area contributed by atoms with Crippen LogP contribution in [0.3, 0.4) is 0 Å². The van der Waals surface area contributed by atoms with E-state index in [1.54, 1.807) is 0 Å². The predicted octanol–water partition coefficient (Wildman–Crippen LogP) is 1.70. The lowest BCUT2D eigenvalue weighted by atomic mass is 9.64. The molecule has 2 bridgehead atoms. The third-order valence-electron chi connectivity index (χ3n) is 5.74.